The molecule has 0 atom stereocenters. The first kappa shape index (κ1) is 26.1. The van der Waals surface area contributed by atoms with Crippen molar-refractivity contribution in [2.75, 3.05) is 72.1 Å². The van der Waals surface area contributed by atoms with Gasteiger partial charge in [-0.1, -0.05) is 17.7 Å². The zero-order chi connectivity index (χ0) is 21.3. The van der Waals surface area contributed by atoms with Crippen molar-refractivity contribution in [3.05, 3.63) is 34.6 Å². The van der Waals surface area contributed by atoms with Crippen molar-refractivity contribution >= 4 is 47.4 Å². The molecule has 1 N–H and O–H groups in total. The molecule has 2 fully saturated rings. The van der Waals surface area contributed by atoms with Gasteiger partial charge < -0.3 is 19.9 Å². The molecule has 0 spiro atoms. The molecule has 31 heavy (non-hydrogen) atoms. The van der Waals surface area contributed by atoms with Gasteiger partial charge in [-0.05, 0) is 25.5 Å². The van der Waals surface area contributed by atoms with Gasteiger partial charge in [0.15, 0.2) is 5.96 Å². The number of nitrogens with one attached hydrogen (secondary N) is 1. The average Bonchev–Trinajstić information content (AvgIpc) is 2.76. The predicted octanol–water partition coefficient (Wildman–Crippen LogP) is 2.08. The number of amides is 1. The van der Waals surface area contributed by atoms with E-state index in [9.17, 15) is 9.18 Å². The van der Waals surface area contributed by atoms with Gasteiger partial charge in [0.2, 0.25) is 5.91 Å². The number of carbonyl (C=O) groups excluding carboxylic acids is 1. The number of hydrogen-bond donors (Lipinski definition) is 1. The average molecular weight is 568 g/mol. The van der Waals surface area contributed by atoms with E-state index in [-0.39, 0.29) is 35.7 Å². The van der Waals surface area contributed by atoms with Crippen molar-refractivity contribution in [1.29, 1.82) is 0 Å². The lowest BCUT2D eigenvalue weighted by Gasteiger charge is -2.37. The molecule has 2 aliphatic heterocycles. The van der Waals surface area contributed by atoms with Crippen LogP contribution in [0, 0.1) is 5.82 Å². The third-order valence-corrected chi connectivity index (χ3v) is 5.77. The van der Waals surface area contributed by atoms with Crippen molar-refractivity contribution in [2.45, 2.75) is 13.3 Å². The number of piperazine rings is 1. The van der Waals surface area contributed by atoms with E-state index in [1.165, 1.54) is 6.07 Å². The quantitative estimate of drug-likeness (QED) is 0.324. The summed E-state index contributed by atoms with van der Waals surface area (Å²) in [6.07, 6.45) is 0.453. The summed E-state index contributed by atoms with van der Waals surface area (Å²) in [5, 5.41) is 3.76. The second-order valence-corrected chi connectivity index (χ2v) is 7.85. The maximum Gasteiger partial charge on any atom is 0.236 e. The fourth-order valence-corrected chi connectivity index (χ4v) is 3.95. The monoisotopic (exact) mass is 567 g/mol. The van der Waals surface area contributed by atoms with E-state index in [0.29, 0.717) is 56.4 Å². The molecule has 1 aromatic carbocycles. The molecule has 0 aliphatic carbocycles. The third-order valence-electron chi connectivity index (χ3n) is 5.41. The molecule has 0 aromatic heterocycles. The first-order valence-corrected chi connectivity index (χ1v) is 11.0. The van der Waals surface area contributed by atoms with Crippen LogP contribution in [0.15, 0.2) is 23.2 Å². The van der Waals surface area contributed by atoms with Crippen LogP contribution in [0.2, 0.25) is 5.02 Å². The molecule has 10 heteroatoms. The number of carbonyl (C=O) groups is 1. The number of rotatable bonds is 6. The smallest absolute Gasteiger partial charge is 0.236 e. The standard InChI is InChI=1S/C21H31ClFN5O2.HI/c1-2-24-21(25-7-6-17-18(22)4-3-5-19(17)23)28-10-8-26(9-11-28)16-20(29)27-12-14-30-15-13-27;/h3-5H,2,6-16H2,1H3,(H,24,25);1H. The molecular formula is C21H32ClFIN5O2. The number of aliphatic imine (C=N–C) groups is 1. The normalized spacial score (nSPS) is 18.0. The molecule has 2 aliphatic rings. The Hall–Kier alpha value is -1.17. The molecule has 174 valence electrons. The summed E-state index contributed by atoms with van der Waals surface area (Å²) in [7, 11) is 0. The molecule has 1 amide bonds. The Morgan fingerprint density at radius 2 is 1.87 bits per heavy atom. The highest BCUT2D eigenvalue weighted by Gasteiger charge is 2.24. The maximum atomic E-state index is 14.0. The third kappa shape index (κ3) is 7.73. The number of guanidine groups is 1. The second-order valence-electron chi connectivity index (χ2n) is 7.44. The van der Waals surface area contributed by atoms with Crippen molar-refractivity contribution in [1.82, 2.24) is 20.0 Å². The summed E-state index contributed by atoms with van der Waals surface area (Å²) >= 11 is 6.11. The summed E-state index contributed by atoms with van der Waals surface area (Å²) in [6, 6.07) is 4.73. The minimum atomic E-state index is -0.291. The number of halogens is 3. The predicted molar refractivity (Wildman–Crippen MR) is 132 cm³/mol. The number of nitrogens with zero attached hydrogens (tertiary/aromatic N) is 4. The van der Waals surface area contributed by atoms with Crippen molar-refractivity contribution in [3.8, 4) is 0 Å². The lowest BCUT2D eigenvalue weighted by atomic mass is 10.1. The molecule has 0 radical (unpaired) electrons. The first-order chi connectivity index (χ1) is 14.6. The molecule has 0 bridgehead atoms. The molecule has 0 saturated carbocycles. The number of morpholine rings is 1. The SMILES string of the molecule is CCNC(=NCCc1c(F)cccc1Cl)N1CCN(CC(=O)N2CCOCC2)CC1.I. The molecule has 2 heterocycles. The van der Waals surface area contributed by atoms with Crippen LogP contribution < -0.4 is 5.32 Å². The fourth-order valence-electron chi connectivity index (χ4n) is 3.69. The van der Waals surface area contributed by atoms with Gasteiger partial charge in [0, 0.05) is 62.9 Å². The van der Waals surface area contributed by atoms with E-state index in [1.807, 2.05) is 11.8 Å². The molecule has 1 aromatic rings. The Morgan fingerprint density at radius 3 is 2.52 bits per heavy atom. The van der Waals surface area contributed by atoms with E-state index >= 15 is 0 Å². The van der Waals surface area contributed by atoms with Gasteiger partial charge in [0.05, 0.1) is 19.8 Å². The van der Waals surface area contributed by atoms with Gasteiger partial charge in [0.25, 0.3) is 0 Å². The summed E-state index contributed by atoms with van der Waals surface area (Å²) < 4.78 is 19.3. The molecule has 2 saturated heterocycles. The van der Waals surface area contributed by atoms with Crippen LogP contribution >= 0.6 is 35.6 Å². The van der Waals surface area contributed by atoms with E-state index in [0.717, 1.165) is 38.7 Å². The van der Waals surface area contributed by atoms with Crippen LogP contribution in [0.1, 0.15) is 12.5 Å². The van der Waals surface area contributed by atoms with Gasteiger partial charge in [-0.25, -0.2) is 4.39 Å². The van der Waals surface area contributed by atoms with Crippen LogP contribution in [0.4, 0.5) is 4.39 Å². The molecule has 0 unspecified atom stereocenters. The van der Waals surface area contributed by atoms with Gasteiger partial charge in [0.1, 0.15) is 5.82 Å². The van der Waals surface area contributed by atoms with Crippen LogP contribution in [-0.2, 0) is 16.0 Å². The largest absolute Gasteiger partial charge is 0.378 e. The fraction of sp³-hybridized carbons (Fsp3) is 0.619. The number of ether oxygens (including phenoxy) is 1. The highest BCUT2D eigenvalue weighted by Crippen LogP contribution is 2.19. The first-order valence-electron chi connectivity index (χ1n) is 10.6. The van der Waals surface area contributed by atoms with Crippen molar-refractivity contribution < 1.29 is 13.9 Å². The maximum absolute atomic E-state index is 14.0. The zero-order valence-electron chi connectivity index (χ0n) is 18.0. The topological polar surface area (TPSA) is 60.4 Å². The Morgan fingerprint density at radius 1 is 1.16 bits per heavy atom. The Labute approximate surface area is 206 Å². The molecule has 3 rings (SSSR count). The molecule has 7 nitrogen and oxygen atoms in total. The van der Waals surface area contributed by atoms with E-state index in [1.54, 1.807) is 12.1 Å². The highest BCUT2D eigenvalue weighted by molar-refractivity contribution is 14.0. The van der Waals surface area contributed by atoms with Gasteiger partial charge in [-0.2, -0.15) is 0 Å². The Balaban J connectivity index is 0.00000341. The van der Waals surface area contributed by atoms with Gasteiger partial charge >= 0.3 is 0 Å². The summed E-state index contributed by atoms with van der Waals surface area (Å²) in [4.78, 5) is 23.4. The highest BCUT2D eigenvalue weighted by atomic mass is 127. The van der Waals surface area contributed by atoms with E-state index < -0.39 is 0 Å². The van der Waals surface area contributed by atoms with Crippen LogP contribution in [0.5, 0.6) is 0 Å². The number of benzene rings is 1. The van der Waals surface area contributed by atoms with Crippen molar-refractivity contribution in [3.63, 3.8) is 0 Å². The van der Waals surface area contributed by atoms with E-state index in [2.05, 4.69) is 20.1 Å². The summed E-state index contributed by atoms with van der Waals surface area (Å²) in [5.41, 5.74) is 0.505. The summed E-state index contributed by atoms with van der Waals surface area (Å²) in [6.45, 7) is 9.51. The lowest BCUT2D eigenvalue weighted by Crippen LogP contribution is -2.55. The van der Waals surface area contributed by atoms with Crippen LogP contribution in [0.25, 0.3) is 0 Å². The molecular weight excluding hydrogens is 536 g/mol. The number of hydrogen-bond acceptors (Lipinski definition) is 4. The minimum Gasteiger partial charge on any atom is -0.378 e. The van der Waals surface area contributed by atoms with Gasteiger partial charge in [-0.15, -0.1) is 24.0 Å². The summed E-state index contributed by atoms with van der Waals surface area (Å²) in [5.74, 6) is 0.708. The lowest BCUT2D eigenvalue weighted by molar-refractivity contribution is -0.136. The zero-order valence-corrected chi connectivity index (χ0v) is 21.1. The van der Waals surface area contributed by atoms with Crippen LogP contribution in [-0.4, -0.2) is 98.7 Å². The van der Waals surface area contributed by atoms with E-state index in [4.69, 9.17) is 16.3 Å². The van der Waals surface area contributed by atoms with Gasteiger partial charge in [-0.3, -0.25) is 14.7 Å². The van der Waals surface area contributed by atoms with Crippen molar-refractivity contribution in [2.24, 2.45) is 4.99 Å². The minimum absolute atomic E-state index is 0. The van der Waals surface area contributed by atoms with Crippen LogP contribution in [0.3, 0.4) is 0 Å². The Bertz CT molecular complexity index is 720. The Kier molecular flexibility index (Phi) is 11.3. The second kappa shape index (κ2) is 13.4.